The van der Waals surface area contributed by atoms with Crippen LogP contribution >= 0.6 is 7.52 Å². The summed E-state index contributed by atoms with van der Waals surface area (Å²) in [6, 6.07) is 7.25. The van der Waals surface area contributed by atoms with E-state index in [1.54, 1.807) is 0 Å². The number of alkyl halides is 3. The molecule has 0 unspecified atom stereocenters. The topological polar surface area (TPSA) is 138 Å². The molecule has 1 aliphatic rings. The van der Waals surface area contributed by atoms with E-state index in [2.05, 4.69) is 10.1 Å². The second kappa shape index (κ2) is 13.5. The van der Waals surface area contributed by atoms with Crippen molar-refractivity contribution in [3.8, 4) is 5.75 Å². The average Bonchev–Trinajstić information content (AvgIpc) is 3.31. The van der Waals surface area contributed by atoms with Crippen molar-refractivity contribution in [3.05, 3.63) is 70.7 Å². The highest BCUT2D eigenvalue weighted by atomic mass is 31.2. The Morgan fingerprint density at radius 3 is 2.56 bits per heavy atom. The molecule has 1 aromatic heterocycles. The molecule has 1 aliphatic heterocycles. The van der Waals surface area contributed by atoms with Crippen LogP contribution in [0.5, 0.6) is 5.75 Å². The normalized spacial score (nSPS) is 15.1. The fourth-order valence-corrected chi connectivity index (χ4v) is 6.82. The van der Waals surface area contributed by atoms with E-state index in [-0.39, 0.29) is 53.8 Å². The highest BCUT2D eigenvalue weighted by molar-refractivity contribution is 7.57. The number of hydrogen-bond acceptors (Lipinski definition) is 8. The Kier molecular flexibility index (Phi) is 10.2. The molecule has 4 rings (SSSR count). The maximum absolute atomic E-state index is 13.9. The number of halogens is 4. The number of amides is 2. The monoisotopic (exact) mass is 654 g/mol. The van der Waals surface area contributed by atoms with E-state index in [4.69, 9.17) is 9.26 Å². The molecule has 2 amide bonds. The highest BCUT2D eigenvalue weighted by Crippen LogP contribution is 2.45. The number of aromatic nitrogens is 1. The predicted octanol–water partition coefficient (Wildman–Crippen LogP) is 4.62. The maximum atomic E-state index is 13.9. The first-order valence-corrected chi connectivity index (χ1v) is 15.6. The number of phenols is 1. The van der Waals surface area contributed by atoms with Crippen molar-refractivity contribution in [1.82, 2.24) is 19.9 Å². The summed E-state index contributed by atoms with van der Waals surface area (Å²) in [5, 5.41) is 13.6. The lowest BCUT2D eigenvalue weighted by Crippen LogP contribution is -2.37. The van der Waals surface area contributed by atoms with Gasteiger partial charge in [-0.25, -0.2) is 9.48 Å². The predicted molar refractivity (Wildman–Crippen MR) is 154 cm³/mol. The van der Waals surface area contributed by atoms with E-state index in [9.17, 15) is 41.6 Å². The molecule has 2 N–H and O–H groups in total. The number of nitrogens with one attached hydrogen (secondary N) is 1. The number of carbonyl (C=O) groups excluding carboxylic acids is 3. The van der Waals surface area contributed by atoms with E-state index in [0.717, 1.165) is 4.90 Å². The molecule has 0 saturated heterocycles. The highest BCUT2D eigenvalue weighted by Gasteiger charge is 2.39. The van der Waals surface area contributed by atoms with Crippen LogP contribution in [0.15, 0.2) is 42.6 Å². The molecular weight excluding hydrogens is 623 g/mol. The molecule has 2 aromatic carbocycles. The number of nitrogens with zero attached hydrogens (tertiary/aromatic N) is 3. The Morgan fingerprint density at radius 1 is 1.22 bits per heavy atom. The number of esters is 1. The number of benzene rings is 2. The van der Waals surface area contributed by atoms with Crippen molar-refractivity contribution in [2.45, 2.75) is 39.2 Å². The van der Waals surface area contributed by atoms with Crippen LogP contribution in [0.4, 0.5) is 17.6 Å². The third kappa shape index (κ3) is 7.78. The molecule has 2 heterocycles. The van der Waals surface area contributed by atoms with Crippen LogP contribution in [0, 0.1) is 5.82 Å². The summed E-state index contributed by atoms with van der Waals surface area (Å²) < 4.78 is 75.4. The van der Waals surface area contributed by atoms with Gasteiger partial charge in [0.2, 0.25) is 0 Å². The summed E-state index contributed by atoms with van der Waals surface area (Å²) in [4.78, 5) is 46.1. The van der Waals surface area contributed by atoms with Crippen LogP contribution in [-0.4, -0.2) is 82.9 Å². The SMILES string of the molecule is CCOC(=O)[C@H](C)N[P@@](=O)(CCN(C)C(=O)c1c2c(c(O)c3ncccc13)C(=O)N(Cc1ccc(F)cc1)C2)OCC(F)(F)F. The van der Waals surface area contributed by atoms with Crippen molar-refractivity contribution < 1.29 is 50.9 Å². The number of carbonyl (C=O) groups is 3. The van der Waals surface area contributed by atoms with Crippen LogP contribution in [0.2, 0.25) is 0 Å². The lowest BCUT2D eigenvalue weighted by Gasteiger charge is -2.26. The van der Waals surface area contributed by atoms with Gasteiger partial charge in [0.25, 0.3) is 19.3 Å². The van der Waals surface area contributed by atoms with Crippen molar-refractivity contribution in [2.75, 3.05) is 33.0 Å². The number of ether oxygens (including phenoxy) is 1. The van der Waals surface area contributed by atoms with Gasteiger partial charge in [0.05, 0.1) is 23.9 Å². The van der Waals surface area contributed by atoms with Crippen LogP contribution < -0.4 is 5.09 Å². The zero-order valence-electron chi connectivity index (χ0n) is 24.6. The van der Waals surface area contributed by atoms with Crippen molar-refractivity contribution in [2.24, 2.45) is 0 Å². The van der Waals surface area contributed by atoms with Gasteiger partial charge < -0.3 is 24.2 Å². The van der Waals surface area contributed by atoms with E-state index in [1.807, 2.05) is 0 Å². The van der Waals surface area contributed by atoms with Gasteiger partial charge in [0.15, 0.2) is 12.4 Å². The number of aromatic hydroxyl groups is 1. The number of rotatable bonds is 12. The Balaban J connectivity index is 1.63. The number of pyridine rings is 1. The van der Waals surface area contributed by atoms with E-state index >= 15 is 0 Å². The fourth-order valence-electron chi connectivity index (χ4n) is 4.87. The molecule has 0 fully saturated rings. The number of hydrogen-bond donors (Lipinski definition) is 2. The first-order valence-electron chi connectivity index (χ1n) is 13.8. The molecule has 11 nitrogen and oxygen atoms in total. The van der Waals surface area contributed by atoms with Gasteiger partial charge in [-0.05, 0) is 37.6 Å². The van der Waals surface area contributed by atoms with Crippen molar-refractivity contribution in [3.63, 3.8) is 0 Å². The first kappa shape index (κ1) is 33.8. The molecular formula is C29H31F4N4O7P. The Hall–Kier alpha value is -4.07. The second-order valence-corrected chi connectivity index (χ2v) is 12.7. The Morgan fingerprint density at radius 2 is 1.91 bits per heavy atom. The molecule has 0 bridgehead atoms. The zero-order chi connectivity index (χ0) is 33.1. The van der Waals surface area contributed by atoms with E-state index < -0.39 is 61.9 Å². The Bertz CT molecular complexity index is 1650. The van der Waals surface area contributed by atoms with Crippen LogP contribution in [0.1, 0.15) is 45.7 Å². The molecule has 2 atom stereocenters. The second-order valence-electron chi connectivity index (χ2n) is 10.4. The van der Waals surface area contributed by atoms with Gasteiger partial charge in [0, 0.05) is 43.8 Å². The molecule has 242 valence electrons. The average molecular weight is 655 g/mol. The zero-order valence-corrected chi connectivity index (χ0v) is 25.5. The largest absolute Gasteiger partial charge is 0.505 e. The minimum atomic E-state index is -4.82. The third-order valence-corrected chi connectivity index (χ3v) is 9.15. The van der Waals surface area contributed by atoms with Crippen LogP contribution in [0.25, 0.3) is 10.9 Å². The fraction of sp³-hybridized carbons (Fsp3) is 0.379. The van der Waals surface area contributed by atoms with Gasteiger partial charge in [-0.2, -0.15) is 13.2 Å². The smallest absolute Gasteiger partial charge is 0.412 e. The summed E-state index contributed by atoms with van der Waals surface area (Å²) in [5.74, 6) is -3.01. The summed E-state index contributed by atoms with van der Waals surface area (Å²) >= 11 is 0. The van der Waals surface area contributed by atoms with E-state index in [0.29, 0.717) is 5.56 Å². The quantitative estimate of drug-likeness (QED) is 0.163. The molecule has 16 heteroatoms. The van der Waals surface area contributed by atoms with Gasteiger partial charge in [-0.15, -0.1) is 0 Å². The molecule has 0 spiro atoms. The Labute approximate surface area is 255 Å². The maximum Gasteiger partial charge on any atom is 0.412 e. The number of fused-ring (bicyclic) bond motifs is 2. The summed E-state index contributed by atoms with van der Waals surface area (Å²) in [5.41, 5.74) is 0.659. The molecule has 3 aromatic rings. The van der Waals surface area contributed by atoms with E-state index in [1.165, 1.54) is 68.4 Å². The standard InChI is InChI=1S/C29H31F4N4O7P/c1-4-43-28(41)17(2)35-45(42,44-16-29(31,32)33)13-12-36(3)26(39)22-20-6-5-11-34-24(20)25(38)23-21(22)15-37(27(23)40)14-18-7-9-19(30)10-8-18/h5-11,17,38H,4,12-16H2,1-3H3,(H,35,42)/t17-,45+/m0/s1. The molecule has 0 aliphatic carbocycles. The third-order valence-electron chi connectivity index (χ3n) is 7.04. The minimum Gasteiger partial charge on any atom is -0.505 e. The molecule has 45 heavy (non-hydrogen) atoms. The van der Waals surface area contributed by atoms with Gasteiger partial charge >= 0.3 is 12.1 Å². The van der Waals surface area contributed by atoms with Gasteiger partial charge in [-0.3, -0.25) is 23.9 Å². The summed E-state index contributed by atoms with van der Waals surface area (Å²) in [6.07, 6.45) is -4.06. The molecule has 0 radical (unpaired) electrons. The van der Waals surface area contributed by atoms with Gasteiger partial charge in [-0.1, -0.05) is 18.2 Å². The van der Waals surface area contributed by atoms with Crippen LogP contribution in [-0.2, 0) is 31.7 Å². The van der Waals surface area contributed by atoms with Gasteiger partial charge in [0.1, 0.15) is 17.4 Å². The minimum absolute atomic E-state index is 0.0145. The summed E-state index contributed by atoms with van der Waals surface area (Å²) in [6.45, 7) is 0.470. The lowest BCUT2D eigenvalue weighted by molar-refractivity contribution is -0.153. The molecule has 0 saturated carbocycles. The van der Waals surface area contributed by atoms with Crippen molar-refractivity contribution in [1.29, 1.82) is 0 Å². The number of phenolic OH excluding ortho intramolecular Hbond substituents is 1. The lowest BCUT2D eigenvalue weighted by atomic mass is 9.95. The summed E-state index contributed by atoms with van der Waals surface area (Å²) in [7, 11) is -3.06. The van der Waals surface area contributed by atoms with Crippen LogP contribution in [0.3, 0.4) is 0 Å². The first-order chi connectivity index (χ1) is 21.1. The van der Waals surface area contributed by atoms with Crippen molar-refractivity contribution >= 4 is 36.2 Å².